The van der Waals surface area contributed by atoms with Crippen molar-refractivity contribution >= 4 is 11.8 Å². The van der Waals surface area contributed by atoms with Crippen molar-refractivity contribution in [3.8, 4) is 0 Å². The molecular formula is C10H22N2S. The molecule has 13 heavy (non-hydrogen) atoms. The van der Waals surface area contributed by atoms with Crippen molar-refractivity contribution in [1.82, 2.24) is 10.2 Å². The first-order valence-electron chi connectivity index (χ1n) is 5.35. The third-order valence-corrected chi connectivity index (χ3v) is 3.20. The van der Waals surface area contributed by atoms with E-state index in [1.807, 2.05) is 11.8 Å². The maximum atomic E-state index is 3.49. The zero-order valence-electron chi connectivity index (χ0n) is 8.72. The molecule has 1 heterocycles. The van der Waals surface area contributed by atoms with Gasteiger partial charge in [-0.25, -0.2) is 0 Å². The quantitative estimate of drug-likeness (QED) is 0.629. The minimum Gasteiger partial charge on any atom is -0.315 e. The average molecular weight is 202 g/mol. The summed E-state index contributed by atoms with van der Waals surface area (Å²) in [6, 6.07) is 0. The highest BCUT2D eigenvalue weighted by Gasteiger charge is 2.09. The van der Waals surface area contributed by atoms with Crippen molar-refractivity contribution in [3.05, 3.63) is 0 Å². The molecule has 0 aliphatic carbocycles. The summed E-state index contributed by atoms with van der Waals surface area (Å²) in [6.45, 7) is 6.27. The van der Waals surface area contributed by atoms with Crippen LogP contribution in [0.15, 0.2) is 0 Å². The van der Waals surface area contributed by atoms with Gasteiger partial charge in [-0.2, -0.15) is 11.8 Å². The summed E-state index contributed by atoms with van der Waals surface area (Å²) >= 11 is 1.93. The van der Waals surface area contributed by atoms with Gasteiger partial charge < -0.3 is 10.2 Å². The van der Waals surface area contributed by atoms with Gasteiger partial charge in [-0.3, -0.25) is 0 Å². The van der Waals surface area contributed by atoms with Crippen LogP contribution in [0.3, 0.4) is 0 Å². The molecule has 1 N–H and O–H groups in total. The Labute approximate surface area is 86.5 Å². The molecule has 0 unspecified atom stereocenters. The molecule has 0 saturated carbocycles. The van der Waals surface area contributed by atoms with E-state index in [0.29, 0.717) is 0 Å². The standard InChI is InChI=1S/C10H22N2S/c1-13-10-4-5-11-6-9-12-7-2-3-8-12/h11H,2-10H2,1H3. The maximum absolute atomic E-state index is 3.49. The second kappa shape index (κ2) is 7.65. The lowest BCUT2D eigenvalue weighted by molar-refractivity contribution is 0.336. The normalized spacial score (nSPS) is 18.2. The first kappa shape index (κ1) is 11.3. The summed E-state index contributed by atoms with van der Waals surface area (Å²) in [5, 5.41) is 3.49. The summed E-state index contributed by atoms with van der Waals surface area (Å²) in [5.74, 6) is 1.29. The minimum absolute atomic E-state index is 1.17. The van der Waals surface area contributed by atoms with Crippen LogP contribution in [0.1, 0.15) is 19.3 Å². The average Bonchev–Trinajstić information content (AvgIpc) is 2.63. The molecule has 3 heteroatoms. The lowest BCUT2D eigenvalue weighted by Crippen LogP contribution is -2.30. The van der Waals surface area contributed by atoms with Crippen molar-refractivity contribution in [1.29, 1.82) is 0 Å². The molecule has 0 bridgehead atoms. The number of hydrogen-bond acceptors (Lipinski definition) is 3. The SMILES string of the molecule is CSCCCNCCN1CCCC1. The van der Waals surface area contributed by atoms with Crippen molar-refractivity contribution in [2.75, 3.05) is 44.7 Å². The van der Waals surface area contributed by atoms with Gasteiger partial charge in [0, 0.05) is 13.1 Å². The van der Waals surface area contributed by atoms with Crippen LogP contribution in [-0.2, 0) is 0 Å². The Morgan fingerprint density at radius 2 is 2.00 bits per heavy atom. The highest BCUT2D eigenvalue weighted by molar-refractivity contribution is 7.98. The monoisotopic (exact) mass is 202 g/mol. The summed E-state index contributed by atoms with van der Waals surface area (Å²) in [5.41, 5.74) is 0. The molecule has 0 aromatic heterocycles. The number of likely N-dealkylation sites (tertiary alicyclic amines) is 1. The highest BCUT2D eigenvalue weighted by atomic mass is 32.2. The van der Waals surface area contributed by atoms with E-state index < -0.39 is 0 Å². The van der Waals surface area contributed by atoms with E-state index in [-0.39, 0.29) is 0 Å². The van der Waals surface area contributed by atoms with Crippen LogP contribution >= 0.6 is 11.8 Å². The zero-order valence-corrected chi connectivity index (χ0v) is 9.54. The zero-order chi connectivity index (χ0) is 9.36. The van der Waals surface area contributed by atoms with Gasteiger partial charge in [0.05, 0.1) is 0 Å². The number of thioether (sulfide) groups is 1. The van der Waals surface area contributed by atoms with Crippen molar-refractivity contribution in [2.45, 2.75) is 19.3 Å². The van der Waals surface area contributed by atoms with E-state index in [2.05, 4.69) is 16.5 Å². The second-order valence-corrected chi connectivity index (χ2v) is 4.63. The molecular weight excluding hydrogens is 180 g/mol. The van der Waals surface area contributed by atoms with E-state index in [1.54, 1.807) is 0 Å². The Bertz CT molecular complexity index is 113. The van der Waals surface area contributed by atoms with Crippen LogP contribution in [0.2, 0.25) is 0 Å². The van der Waals surface area contributed by atoms with Crippen LogP contribution in [0, 0.1) is 0 Å². The fraction of sp³-hybridized carbons (Fsp3) is 1.00. The molecule has 0 amide bonds. The molecule has 1 aliphatic rings. The van der Waals surface area contributed by atoms with Crippen LogP contribution in [-0.4, -0.2) is 49.6 Å². The van der Waals surface area contributed by atoms with Crippen molar-refractivity contribution in [3.63, 3.8) is 0 Å². The molecule has 1 saturated heterocycles. The summed E-state index contributed by atoms with van der Waals surface area (Å²) in [4.78, 5) is 2.56. The van der Waals surface area contributed by atoms with Gasteiger partial charge in [0.15, 0.2) is 0 Å². The maximum Gasteiger partial charge on any atom is 0.0107 e. The van der Waals surface area contributed by atoms with Gasteiger partial charge in [0.2, 0.25) is 0 Å². The number of hydrogen-bond donors (Lipinski definition) is 1. The Hall–Kier alpha value is 0.270. The smallest absolute Gasteiger partial charge is 0.0107 e. The van der Waals surface area contributed by atoms with Gasteiger partial charge in [0.1, 0.15) is 0 Å². The summed E-state index contributed by atoms with van der Waals surface area (Å²) < 4.78 is 0. The van der Waals surface area contributed by atoms with E-state index in [0.717, 1.165) is 0 Å². The molecule has 1 aliphatic heterocycles. The van der Waals surface area contributed by atoms with E-state index >= 15 is 0 Å². The van der Waals surface area contributed by atoms with Gasteiger partial charge in [-0.15, -0.1) is 0 Å². The molecule has 2 nitrogen and oxygen atoms in total. The largest absolute Gasteiger partial charge is 0.315 e. The van der Waals surface area contributed by atoms with Gasteiger partial charge in [-0.05, 0) is 50.9 Å². The van der Waals surface area contributed by atoms with Crippen LogP contribution in [0.4, 0.5) is 0 Å². The third kappa shape index (κ3) is 5.55. The van der Waals surface area contributed by atoms with Crippen LogP contribution in [0.5, 0.6) is 0 Å². The predicted molar refractivity (Wildman–Crippen MR) is 61.5 cm³/mol. The second-order valence-electron chi connectivity index (χ2n) is 3.65. The Kier molecular flexibility index (Phi) is 6.68. The fourth-order valence-electron chi connectivity index (χ4n) is 1.71. The highest BCUT2D eigenvalue weighted by Crippen LogP contribution is 2.05. The van der Waals surface area contributed by atoms with E-state index in [1.165, 1.54) is 57.7 Å². The first-order chi connectivity index (χ1) is 6.43. The molecule has 0 aromatic carbocycles. The molecule has 0 spiro atoms. The Morgan fingerprint density at radius 1 is 1.23 bits per heavy atom. The van der Waals surface area contributed by atoms with Crippen molar-refractivity contribution < 1.29 is 0 Å². The molecule has 0 radical (unpaired) electrons. The first-order valence-corrected chi connectivity index (χ1v) is 6.75. The topological polar surface area (TPSA) is 15.3 Å². The predicted octanol–water partition coefficient (Wildman–Crippen LogP) is 1.42. The lowest BCUT2D eigenvalue weighted by Gasteiger charge is -2.14. The number of rotatable bonds is 7. The Morgan fingerprint density at radius 3 is 2.69 bits per heavy atom. The molecule has 1 fully saturated rings. The number of nitrogens with zero attached hydrogens (tertiary/aromatic N) is 1. The minimum atomic E-state index is 1.17. The van der Waals surface area contributed by atoms with Crippen LogP contribution in [0.25, 0.3) is 0 Å². The Balaban J connectivity index is 1.78. The van der Waals surface area contributed by atoms with Gasteiger partial charge >= 0.3 is 0 Å². The molecule has 0 aromatic rings. The fourth-order valence-corrected chi connectivity index (χ4v) is 2.14. The number of nitrogens with one attached hydrogen (secondary N) is 1. The van der Waals surface area contributed by atoms with E-state index in [9.17, 15) is 0 Å². The molecule has 1 rings (SSSR count). The lowest BCUT2D eigenvalue weighted by atomic mass is 10.4. The molecule has 78 valence electrons. The van der Waals surface area contributed by atoms with Gasteiger partial charge in [0.25, 0.3) is 0 Å². The van der Waals surface area contributed by atoms with Crippen LogP contribution < -0.4 is 5.32 Å². The van der Waals surface area contributed by atoms with Gasteiger partial charge in [-0.1, -0.05) is 0 Å². The van der Waals surface area contributed by atoms with Crippen molar-refractivity contribution in [2.24, 2.45) is 0 Å². The molecule has 0 atom stereocenters. The van der Waals surface area contributed by atoms with E-state index in [4.69, 9.17) is 0 Å². The summed E-state index contributed by atoms with van der Waals surface area (Å²) in [6.07, 6.45) is 6.30. The summed E-state index contributed by atoms with van der Waals surface area (Å²) in [7, 11) is 0. The third-order valence-electron chi connectivity index (χ3n) is 2.51.